The maximum Gasteiger partial charge on any atom is 0.0541 e. The average molecular weight is 665 g/mol. The van der Waals surface area contributed by atoms with Crippen molar-refractivity contribution in [1.29, 1.82) is 0 Å². The van der Waals surface area contributed by atoms with E-state index in [9.17, 15) is 0 Å². The second-order valence-electron chi connectivity index (χ2n) is 14.0. The first-order chi connectivity index (χ1) is 25.6. The van der Waals surface area contributed by atoms with Gasteiger partial charge in [0.1, 0.15) is 0 Å². The monoisotopic (exact) mass is 664 g/mol. The zero-order chi connectivity index (χ0) is 34.8. The molecule has 0 radical (unpaired) electrons. The Morgan fingerprint density at radius 1 is 0.269 bits per heavy atom. The Bertz CT molecular complexity index is 2940. The Labute approximate surface area is 303 Å². The van der Waals surface area contributed by atoms with Crippen molar-refractivity contribution in [3.63, 3.8) is 0 Å². The molecule has 2 nitrogen and oxygen atoms in total. The molecule has 0 aliphatic rings. The zero-order valence-corrected chi connectivity index (χ0v) is 29.2. The summed E-state index contributed by atoms with van der Waals surface area (Å²) in [6.07, 6.45) is 0. The van der Waals surface area contributed by atoms with Crippen LogP contribution in [0, 0.1) is 13.8 Å². The second-order valence-corrected chi connectivity index (χ2v) is 14.0. The molecule has 0 atom stereocenters. The van der Waals surface area contributed by atoms with E-state index in [0.717, 1.165) is 5.69 Å². The van der Waals surface area contributed by atoms with Crippen LogP contribution in [0.4, 0.5) is 0 Å². The molecule has 0 bridgehead atoms. The Kier molecular flexibility index (Phi) is 6.97. The zero-order valence-electron chi connectivity index (χ0n) is 29.2. The van der Waals surface area contributed by atoms with Gasteiger partial charge in [-0.2, -0.15) is 0 Å². The van der Waals surface area contributed by atoms with E-state index in [1.807, 2.05) is 0 Å². The third kappa shape index (κ3) is 4.95. The summed E-state index contributed by atoms with van der Waals surface area (Å²) in [5, 5.41) is 5.03. The van der Waals surface area contributed by atoms with Gasteiger partial charge in [0.15, 0.2) is 0 Å². The van der Waals surface area contributed by atoms with Crippen LogP contribution in [0.1, 0.15) is 11.1 Å². The minimum absolute atomic E-state index is 1.16. The third-order valence-electron chi connectivity index (χ3n) is 10.6. The summed E-state index contributed by atoms with van der Waals surface area (Å²) in [6, 6.07) is 66.7. The molecule has 0 unspecified atom stereocenters. The van der Waals surface area contributed by atoms with Crippen molar-refractivity contribution in [3.8, 4) is 44.8 Å². The standard InChI is InChI=1S/C50H36N2/c1-33-27-34(2)29-40(28-33)36-21-19-35(20-22-36)37-11-10-14-42(30-37)52-48-18-9-7-16-44(48)46-32-39(24-26-50(46)52)38-23-25-49-45(31-38)43-15-6-8-17-47(43)51(49)41-12-4-3-5-13-41/h3-32H,1-2H3. The number of aromatic nitrogens is 2. The van der Waals surface area contributed by atoms with Crippen LogP contribution in [-0.2, 0) is 0 Å². The van der Waals surface area contributed by atoms with E-state index in [0.29, 0.717) is 0 Å². The maximum absolute atomic E-state index is 2.42. The first kappa shape index (κ1) is 30.2. The fourth-order valence-corrected chi connectivity index (χ4v) is 8.26. The van der Waals surface area contributed by atoms with E-state index in [2.05, 4.69) is 205 Å². The van der Waals surface area contributed by atoms with E-state index in [1.54, 1.807) is 0 Å². The highest BCUT2D eigenvalue weighted by Gasteiger charge is 2.16. The van der Waals surface area contributed by atoms with E-state index < -0.39 is 0 Å². The summed E-state index contributed by atoms with van der Waals surface area (Å²) in [7, 11) is 0. The van der Waals surface area contributed by atoms with Crippen LogP contribution in [0.15, 0.2) is 182 Å². The van der Waals surface area contributed by atoms with Gasteiger partial charge >= 0.3 is 0 Å². The van der Waals surface area contributed by atoms with E-state index >= 15 is 0 Å². The summed E-state index contributed by atoms with van der Waals surface area (Å²) in [4.78, 5) is 0. The topological polar surface area (TPSA) is 9.86 Å². The lowest BCUT2D eigenvalue weighted by atomic mass is 9.98. The van der Waals surface area contributed by atoms with Crippen molar-refractivity contribution in [1.82, 2.24) is 9.13 Å². The summed E-state index contributed by atoms with van der Waals surface area (Å²) < 4.78 is 4.79. The smallest absolute Gasteiger partial charge is 0.0541 e. The van der Waals surface area contributed by atoms with Gasteiger partial charge in [0.2, 0.25) is 0 Å². The molecule has 52 heavy (non-hydrogen) atoms. The molecule has 246 valence electrons. The first-order valence-electron chi connectivity index (χ1n) is 18.0. The molecule has 0 fully saturated rings. The van der Waals surface area contributed by atoms with Crippen molar-refractivity contribution in [3.05, 3.63) is 193 Å². The largest absolute Gasteiger partial charge is 0.309 e. The van der Waals surface area contributed by atoms with Gasteiger partial charge in [-0.05, 0) is 108 Å². The molecular weight excluding hydrogens is 629 g/mol. The van der Waals surface area contributed by atoms with Gasteiger partial charge in [-0.25, -0.2) is 0 Å². The summed E-state index contributed by atoms with van der Waals surface area (Å²) >= 11 is 0. The molecule has 2 heteroatoms. The highest BCUT2D eigenvalue weighted by Crippen LogP contribution is 2.39. The van der Waals surface area contributed by atoms with Gasteiger partial charge < -0.3 is 9.13 Å². The van der Waals surface area contributed by atoms with Crippen LogP contribution in [0.2, 0.25) is 0 Å². The Morgan fingerprint density at radius 3 is 1.31 bits per heavy atom. The fourth-order valence-electron chi connectivity index (χ4n) is 8.26. The number of hydrogen-bond acceptors (Lipinski definition) is 0. The van der Waals surface area contributed by atoms with Gasteiger partial charge in [-0.3, -0.25) is 0 Å². The highest BCUT2D eigenvalue weighted by molar-refractivity contribution is 6.12. The van der Waals surface area contributed by atoms with Crippen LogP contribution in [-0.4, -0.2) is 9.13 Å². The van der Waals surface area contributed by atoms with Gasteiger partial charge in [0.25, 0.3) is 0 Å². The predicted octanol–water partition coefficient (Wildman–Crippen LogP) is 13.5. The molecular formula is C50H36N2. The Balaban J connectivity index is 1.07. The minimum atomic E-state index is 1.16. The van der Waals surface area contributed by atoms with Gasteiger partial charge in [0.05, 0.1) is 22.1 Å². The molecule has 0 amide bonds. The molecule has 10 aromatic rings. The summed E-state index contributed by atoms with van der Waals surface area (Å²) in [5.41, 5.74) is 17.1. The molecule has 0 spiro atoms. The van der Waals surface area contributed by atoms with E-state index in [1.165, 1.54) is 93.8 Å². The van der Waals surface area contributed by atoms with Crippen LogP contribution >= 0.6 is 0 Å². The molecule has 10 rings (SSSR count). The predicted molar refractivity (Wildman–Crippen MR) is 221 cm³/mol. The lowest BCUT2D eigenvalue weighted by Gasteiger charge is -2.12. The first-order valence-corrected chi connectivity index (χ1v) is 18.0. The van der Waals surface area contributed by atoms with Crippen molar-refractivity contribution >= 4 is 43.6 Å². The SMILES string of the molecule is Cc1cc(C)cc(-c2ccc(-c3cccc(-n4c5ccccc5c5cc(-c6ccc7c(c6)c6ccccc6n7-c6ccccc6)ccc54)c3)cc2)c1. The maximum atomic E-state index is 2.42. The van der Waals surface area contributed by atoms with Crippen molar-refractivity contribution in [2.24, 2.45) is 0 Å². The molecule has 2 heterocycles. The molecule has 0 aliphatic carbocycles. The van der Waals surface area contributed by atoms with Crippen LogP contribution in [0.25, 0.3) is 88.4 Å². The summed E-state index contributed by atoms with van der Waals surface area (Å²) in [5.74, 6) is 0. The fraction of sp³-hybridized carbons (Fsp3) is 0.0400. The number of para-hydroxylation sites is 3. The number of rotatable bonds is 5. The van der Waals surface area contributed by atoms with Crippen LogP contribution in [0.5, 0.6) is 0 Å². The molecule has 0 saturated carbocycles. The van der Waals surface area contributed by atoms with Crippen molar-refractivity contribution < 1.29 is 0 Å². The average Bonchev–Trinajstić information content (AvgIpc) is 3.70. The lowest BCUT2D eigenvalue weighted by molar-refractivity contribution is 1.18. The van der Waals surface area contributed by atoms with Gasteiger partial charge in [-0.15, -0.1) is 0 Å². The molecule has 0 aliphatic heterocycles. The third-order valence-corrected chi connectivity index (χ3v) is 10.6. The van der Waals surface area contributed by atoms with Crippen molar-refractivity contribution in [2.75, 3.05) is 0 Å². The van der Waals surface area contributed by atoms with Gasteiger partial charge in [-0.1, -0.05) is 132 Å². The number of hydrogen-bond donors (Lipinski definition) is 0. The Morgan fingerprint density at radius 2 is 0.712 bits per heavy atom. The lowest BCUT2D eigenvalue weighted by Crippen LogP contribution is -1.94. The van der Waals surface area contributed by atoms with Crippen LogP contribution in [0.3, 0.4) is 0 Å². The number of fused-ring (bicyclic) bond motifs is 6. The Hall–Kier alpha value is -6.64. The van der Waals surface area contributed by atoms with Crippen LogP contribution < -0.4 is 0 Å². The highest BCUT2D eigenvalue weighted by atomic mass is 15.0. The normalized spacial score (nSPS) is 11.7. The molecule has 0 saturated heterocycles. The number of nitrogens with zero attached hydrogens (tertiary/aromatic N) is 2. The molecule has 8 aromatic carbocycles. The number of aryl methyl sites for hydroxylation is 2. The van der Waals surface area contributed by atoms with Gasteiger partial charge in [0, 0.05) is 32.9 Å². The second kappa shape index (κ2) is 12.0. The quantitative estimate of drug-likeness (QED) is 0.173. The summed E-state index contributed by atoms with van der Waals surface area (Å²) in [6.45, 7) is 4.33. The molecule has 2 aromatic heterocycles. The molecule has 0 N–H and O–H groups in total. The van der Waals surface area contributed by atoms with E-state index in [-0.39, 0.29) is 0 Å². The van der Waals surface area contributed by atoms with Crippen molar-refractivity contribution in [2.45, 2.75) is 13.8 Å². The van der Waals surface area contributed by atoms with E-state index in [4.69, 9.17) is 0 Å². The number of benzene rings is 8. The minimum Gasteiger partial charge on any atom is -0.309 e.